The lowest BCUT2D eigenvalue weighted by Crippen LogP contribution is -2.49. The van der Waals surface area contributed by atoms with Crippen LogP contribution in [0.25, 0.3) is 0 Å². The van der Waals surface area contributed by atoms with E-state index in [0.717, 1.165) is 30.1 Å². The second-order valence-corrected chi connectivity index (χ2v) is 8.65. The van der Waals surface area contributed by atoms with Gasteiger partial charge in [-0.2, -0.15) is 0 Å². The summed E-state index contributed by atoms with van der Waals surface area (Å²) in [6, 6.07) is 0. The fourth-order valence-corrected chi connectivity index (χ4v) is 6.48. The lowest BCUT2D eigenvalue weighted by atomic mass is 9.51. The Bertz CT molecular complexity index is 502. The lowest BCUT2D eigenvalue weighted by molar-refractivity contribution is -0.0580. The molecule has 0 amide bonds. The standard InChI is InChI=1S/C20H30O/c1-12-4-5-15-14(10-12)11-13(2)19-16(15)8-9-20(3)17(19)6-7-18(20)21/h10-11,13,15-19,21H,4-9H2,1-3H3/t13-,15+,16-,17+,18+,19-,20+/m1/s1. The topological polar surface area (TPSA) is 20.2 Å². The molecule has 0 aliphatic heterocycles. The van der Waals surface area contributed by atoms with Crippen molar-refractivity contribution < 1.29 is 5.11 Å². The summed E-state index contributed by atoms with van der Waals surface area (Å²) >= 11 is 0. The van der Waals surface area contributed by atoms with Crippen molar-refractivity contribution in [3.63, 3.8) is 0 Å². The van der Waals surface area contributed by atoms with Gasteiger partial charge in [-0.05, 0) is 86.0 Å². The van der Waals surface area contributed by atoms with Crippen LogP contribution < -0.4 is 0 Å². The van der Waals surface area contributed by atoms with Crippen molar-refractivity contribution in [1.82, 2.24) is 0 Å². The van der Waals surface area contributed by atoms with Gasteiger partial charge in [0.15, 0.2) is 0 Å². The Hall–Kier alpha value is -0.560. The maximum absolute atomic E-state index is 10.5. The fraction of sp³-hybridized carbons (Fsp3) is 0.800. The molecule has 1 nitrogen and oxygen atoms in total. The zero-order valence-electron chi connectivity index (χ0n) is 13.8. The van der Waals surface area contributed by atoms with Gasteiger partial charge in [-0.15, -0.1) is 0 Å². The molecule has 0 radical (unpaired) electrons. The van der Waals surface area contributed by atoms with E-state index in [4.69, 9.17) is 0 Å². The van der Waals surface area contributed by atoms with Gasteiger partial charge in [-0.25, -0.2) is 0 Å². The highest BCUT2D eigenvalue weighted by molar-refractivity contribution is 5.33. The van der Waals surface area contributed by atoms with Crippen LogP contribution in [-0.4, -0.2) is 11.2 Å². The first-order valence-electron chi connectivity index (χ1n) is 9.07. The lowest BCUT2D eigenvalue weighted by Gasteiger charge is -2.54. The van der Waals surface area contributed by atoms with Gasteiger partial charge < -0.3 is 5.11 Å². The van der Waals surface area contributed by atoms with Crippen molar-refractivity contribution in [2.24, 2.45) is 35.0 Å². The van der Waals surface area contributed by atoms with E-state index in [-0.39, 0.29) is 11.5 Å². The smallest absolute Gasteiger partial charge is 0.0596 e. The Balaban J connectivity index is 1.71. The van der Waals surface area contributed by atoms with Crippen molar-refractivity contribution >= 4 is 0 Å². The molecule has 4 aliphatic rings. The fourth-order valence-electron chi connectivity index (χ4n) is 6.48. The van der Waals surface area contributed by atoms with Crippen LogP contribution >= 0.6 is 0 Å². The first kappa shape index (κ1) is 14.1. The van der Waals surface area contributed by atoms with Crippen molar-refractivity contribution in [2.75, 3.05) is 0 Å². The molecule has 0 aromatic heterocycles. The molecular formula is C20H30O. The van der Waals surface area contributed by atoms with E-state index >= 15 is 0 Å². The normalized spacial score (nSPS) is 52.4. The van der Waals surface area contributed by atoms with E-state index in [2.05, 4.69) is 32.9 Å². The maximum Gasteiger partial charge on any atom is 0.0596 e. The molecule has 0 saturated heterocycles. The summed E-state index contributed by atoms with van der Waals surface area (Å²) in [5, 5.41) is 10.5. The van der Waals surface area contributed by atoms with E-state index in [0.29, 0.717) is 5.92 Å². The molecule has 0 aromatic rings. The molecule has 1 N–H and O–H groups in total. The molecular weight excluding hydrogens is 256 g/mol. The van der Waals surface area contributed by atoms with Crippen LogP contribution in [0.1, 0.15) is 59.3 Å². The molecule has 1 heteroatoms. The van der Waals surface area contributed by atoms with Gasteiger partial charge in [0, 0.05) is 0 Å². The summed E-state index contributed by atoms with van der Waals surface area (Å²) in [5.74, 6) is 3.97. The average Bonchev–Trinajstić information content (AvgIpc) is 2.74. The minimum Gasteiger partial charge on any atom is -0.393 e. The Morgan fingerprint density at radius 1 is 1.19 bits per heavy atom. The van der Waals surface area contributed by atoms with E-state index < -0.39 is 0 Å². The summed E-state index contributed by atoms with van der Waals surface area (Å²) in [5.41, 5.74) is 3.43. The SMILES string of the molecule is CC1=CC2=C[C@@H](C)[C@@H]3[C@H](CC[C@]4(C)[C@@H](O)CC[C@@H]34)[C@H]2CC1. The molecule has 2 saturated carbocycles. The van der Waals surface area contributed by atoms with Gasteiger partial charge in [-0.3, -0.25) is 0 Å². The Kier molecular flexibility index (Phi) is 3.16. The Morgan fingerprint density at radius 2 is 2.00 bits per heavy atom. The third-order valence-corrected chi connectivity index (χ3v) is 7.60. The first-order valence-corrected chi connectivity index (χ1v) is 9.07. The second kappa shape index (κ2) is 4.72. The minimum atomic E-state index is -0.0467. The number of aliphatic hydroxyl groups excluding tert-OH is 1. The predicted molar refractivity (Wildman–Crippen MR) is 86.8 cm³/mol. The molecule has 0 aromatic carbocycles. The number of hydrogen-bond donors (Lipinski definition) is 1. The summed E-state index contributed by atoms with van der Waals surface area (Å²) < 4.78 is 0. The summed E-state index contributed by atoms with van der Waals surface area (Å²) in [6.07, 6.45) is 12.6. The van der Waals surface area contributed by atoms with Gasteiger partial charge in [0.05, 0.1) is 6.10 Å². The molecule has 0 spiro atoms. The predicted octanol–water partition coefficient (Wildman–Crippen LogP) is 4.72. The zero-order chi connectivity index (χ0) is 14.8. The van der Waals surface area contributed by atoms with Crippen LogP contribution in [0.2, 0.25) is 0 Å². The highest BCUT2D eigenvalue weighted by Crippen LogP contribution is 2.62. The monoisotopic (exact) mass is 286 g/mol. The molecule has 0 unspecified atom stereocenters. The molecule has 0 bridgehead atoms. The van der Waals surface area contributed by atoms with Crippen LogP contribution in [0.3, 0.4) is 0 Å². The van der Waals surface area contributed by atoms with Gasteiger partial charge >= 0.3 is 0 Å². The van der Waals surface area contributed by atoms with Gasteiger partial charge in [0.1, 0.15) is 0 Å². The summed E-state index contributed by atoms with van der Waals surface area (Å²) in [7, 11) is 0. The van der Waals surface area contributed by atoms with Gasteiger partial charge in [-0.1, -0.05) is 31.6 Å². The van der Waals surface area contributed by atoms with E-state index in [9.17, 15) is 5.11 Å². The van der Waals surface area contributed by atoms with Gasteiger partial charge in [0.25, 0.3) is 0 Å². The minimum absolute atomic E-state index is 0.0467. The van der Waals surface area contributed by atoms with Crippen LogP contribution in [0, 0.1) is 35.0 Å². The summed E-state index contributed by atoms with van der Waals surface area (Å²) in [6.45, 7) is 7.11. The first-order chi connectivity index (χ1) is 10.0. The van der Waals surface area contributed by atoms with E-state index in [1.54, 1.807) is 11.1 Å². The van der Waals surface area contributed by atoms with Crippen LogP contribution in [0.15, 0.2) is 23.3 Å². The molecule has 21 heavy (non-hydrogen) atoms. The van der Waals surface area contributed by atoms with Crippen LogP contribution in [0.4, 0.5) is 0 Å². The third kappa shape index (κ3) is 1.92. The van der Waals surface area contributed by atoms with Gasteiger partial charge in [0.2, 0.25) is 0 Å². The largest absolute Gasteiger partial charge is 0.393 e. The zero-order valence-corrected chi connectivity index (χ0v) is 13.8. The Morgan fingerprint density at radius 3 is 2.81 bits per heavy atom. The van der Waals surface area contributed by atoms with Crippen molar-refractivity contribution in [1.29, 1.82) is 0 Å². The number of rotatable bonds is 0. The van der Waals surface area contributed by atoms with Crippen LogP contribution in [0.5, 0.6) is 0 Å². The number of fused-ring (bicyclic) bond motifs is 5. The third-order valence-electron chi connectivity index (χ3n) is 7.60. The molecule has 4 rings (SSSR count). The van der Waals surface area contributed by atoms with E-state index in [1.165, 1.54) is 32.1 Å². The molecule has 2 fully saturated rings. The van der Waals surface area contributed by atoms with E-state index in [1.807, 2.05) is 0 Å². The Labute approximate surface area is 129 Å². The maximum atomic E-state index is 10.5. The van der Waals surface area contributed by atoms with Crippen molar-refractivity contribution in [3.05, 3.63) is 23.3 Å². The van der Waals surface area contributed by atoms with Crippen LogP contribution in [-0.2, 0) is 0 Å². The van der Waals surface area contributed by atoms with Crippen molar-refractivity contribution in [2.45, 2.75) is 65.4 Å². The van der Waals surface area contributed by atoms with Crippen molar-refractivity contribution in [3.8, 4) is 0 Å². The summed E-state index contributed by atoms with van der Waals surface area (Å²) in [4.78, 5) is 0. The second-order valence-electron chi connectivity index (χ2n) is 8.65. The highest BCUT2D eigenvalue weighted by atomic mass is 16.3. The number of hydrogen-bond acceptors (Lipinski definition) is 1. The average molecular weight is 286 g/mol. The molecule has 116 valence electrons. The number of allylic oxidation sites excluding steroid dienone is 4. The molecule has 7 atom stereocenters. The number of aliphatic hydroxyl groups is 1. The highest BCUT2D eigenvalue weighted by Gasteiger charge is 2.56. The molecule has 0 heterocycles. The molecule has 4 aliphatic carbocycles. The quantitative estimate of drug-likeness (QED) is 0.683.